The summed E-state index contributed by atoms with van der Waals surface area (Å²) in [5, 5.41) is 7.56. The first-order valence-corrected chi connectivity index (χ1v) is 9.11. The molecule has 0 spiro atoms. The maximum Gasteiger partial charge on any atom is 0.296 e. The Kier molecular flexibility index (Phi) is 4.68. The van der Waals surface area contributed by atoms with Crippen LogP contribution < -0.4 is 0 Å². The van der Waals surface area contributed by atoms with Crippen LogP contribution in [0.3, 0.4) is 0 Å². The van der Waals surface area contributed by atoms with E-state index < -0.39 is 9.05 Å². The Morgan fingerprint density at radius 3 is 2.29 bits per heavy atom. The molecule has 5 nitrogen and oxygen atoms in total. The standard InChI is InChI=1S/C14H18ClN3O2S/c1-4-11-5-7-12(8-6-11)13-16-17-14(21(15,19)20)18(13)9-10(2)3/h5-8,10H,4,9H2,1-3H3. The molecular weight excluding hydrogens is 310 g/mol. The summed E-state index contributed by atoms with van der Waals surface area (Å²) in [7, 11) is 1.53. The summed E-state index contributed by atoms with van der Waals surface area (Å²) in [6, 6.07) is 7.84. The molecule has 0 N–H and O–H groups in total. The van der Waals surface area contributed by atoms with Gasteiger partial charge in [0.2, 0.25) is 0 Å². The third-order valence-corrected chi connectivity index (χ3v) is 4.26. The third-order valence-electron chi connectivity index (χ3n) is 3.10. The molecule has 0 saturated carbocycles. The lowest BCUT2D eigenvalue weighted by molar-refractivity contribution is 0.488. The summed E-state index contributed by atoms with van der Waals surface area (Å²) < 4.78 is 24.8. The fraction of sp³-hybridized carbons (Fsp3) is 0.429. The van der Waals surface area contributed by atoms with Crippen LogP contribution in [0.1, 0.15) is 26.3 Å². The van der Waals surface area contributed by atoms with Crippen LogP contribution in [0.5, 0.6) is 0 Å². The normalized spacial score (nSPS) is 12.0. The predicted octanol–water partition coefficient (Wildman–Crippen LogP) is 3.09. The molecule has 0 aliphatic heterocycles. The van der Waals surface area contributed by atoms with Gasteiger partial charge < -0.3 is 0 Å². The van der Waals surface area contributed by atoms with Gasteiger partial charge in [-0.15, -0.1) is 10.2 Å². The Bertz CT molecular complexity index is 721. The van der Waals surface area contributed by atoms with Gasteiger partial charge in [0, 0.05) is 22.8 Å². The van der Waals surface area contributed by atoms with Gasteiger partial charge in [0.25, 0.3) is 14.2 Å². The molecule has 0 saturated heterocycles. The lowest BCUT2D eigenvalue weighted by atomic mass is 10.1. The molecule has 0 radical (unpaired) electrons. The van der Waals surface area contributed by atoms with Crippen molar-refractivity contribution in [3.05, 3.63) is 29.8 Å². The number of halogens is 1. The minimum Gasteiger partial charge on any atom is -0.297 e. The van der Waals surface area contributed by atoms with Gasteiger partial charge in [-0.05, 0) is 17.9 Å². The molecule has 114 valence electrons. The molecule has 0 fully saturated rings. The van der Waals surface area contributed by atoms with Gasteiger partial charge in [0.1, 0.15) is 0 Å². The van der Waals surface area contributed by atoms with Crippen molar-refractivity contribution in [3.63, 3.8) is 0 Å². The van der Waals surface area contributed by atoms with Crippen molar-refractivity contribution in [2.75, 3.05) is 0 Å². The Balaban J connectivity index is 2.54. The molecule has 0 bridgehead atoms. The molecule has 0 aliphatic carbocycles. The van der Waals surface area contributed by atoms with E-state index in [1.165, 1.54) is 5.56 Å². The lowest BCUT2D eigenvalue weighted by Gasteiger charge is -2.11. The molecule has 0 atom stereocenters. The van der Waals surface area contributed by atoms with E-state index in [1.807, 2.05) is 38.1 Å². The summed E-state index contributed by atoms with van der Waals surface area (Å²) in [5.74, 6) is 0.761. The highest BCUT2D eigenvalue weighted by atomic mass is 35.7. The van der Waals surface area contributed by atoms with Gasteiger partial charge in [-0.2, -0.15) is 0 Å². The van der Waals surface area contributed by atoms with Crippen LogP contribution in [0, 0.1) is 5.92 Å². The lowest BCUT2D eigenvalue weighted by Crippen LogP contribution is -2.11. The van der Waals surface area contributed by atoms with Crippen LogP contribution in [-0.2, 0) is 22.0 Å². The fourth-order valence-corrected chi connectivity index (χ4v) is 3.01. The van der Waals surface area contributed by atoms with Crippen molar-refractivity contribution in [3.8, 4) is 11.4 Å². The van der Waals surface area contributed by atoms with Gasteiger partial charge in [-0.3, -0.25) is 4.57 Å². The van der Waals surface area contributed by atoms with Gasteiger partial charge in [0.15, 0.2) is 5.82 Å². The summed E-state index contributed by atoms with van der Waals surface area (Å²) >= 11 is 0. The molecule has 21 heavy (non-hydrogen) atoms. The Morgan fingerprint density at radius 2 is 1.81 bits per heavy atom. The van der Waals surface area contributed by atoms with Gasteiger partial charge in [0.05, 0.1) is 0 Å². The van der Waals surface area contributed by atoms with Crippen LogP contribution >= 0.6 is 10.7 Å². The van der Waals surface area contributed by atoms with Gasteiger partial charge in [-0.1, -0.05) is 45.0 Å². The number of hydrogen-bond acceptors (Lipinski definition) is 4. The Morgan fingerprint density at radius 1 is 1.19 bits per heavy atom. The Labute approximate surface area is 129 Å². The van der Waals surface area contributed by atoms with Crippen LogP contribution in [0.15, 0.2) is 29.4 Å². The maximum absolute atomic E-state index is 11.6. The van der Waals surface area contributed by atoms with E-state index in [2.05, 4.69) is 17.1 Å². The summed E-state index contributed by atoms with van der Waals surface area (Å²) in [6.07, 6.45) is 0.945. The van der Waals surface area contributed by atoms with E-state index >= 15 is 0 Å². The second kappa shape index (κ2) is 6.15. The van der Waals surface area contributed by atoms with E-state index in [-0.39, 0.29) is 11.1 Å². The number of benzene rings is 1. The van der Waals surface area contributed by atoms with Gasteiger partial charge >= 0.3 is 0 Å². The molecule has 0 aliphatic rings. The highest BCUT2D eigenvalue weighted by Gasteiger charge is 2.23. The summed E-state index contributed by atoms with van der Waals surface area (Å²) in [6.45, 7) is 6.55. The van der Waals surface area contributed by atoms with Crippen LogP contribution in [0.4, 0.5) is 0 Å². The van der Waals surface area contributed by atoms with Crippen molar-refractivity contribution in [1.82, 2.24) is 14.8 Å². The van der Waals surface area contributed by atoms with Crippen molar-refractivity contribution >= 4 is 19.7 Å². The zero-order valence-corrected chi connectivity index (χ0v) is 13.8. The molecule has 0 amide bonds. The fourth-order valence-electron chi connectivity index (χ4n) is 2.10. The first kappa shape index (κ1) is 16.0. The first-order chi connectivity index (χ1) is 9.82. The Hall–Kier alpha value is -1.40. The van der Waals surface area contributed by atoms with Crippen LogP contribution in [0.2, 0.25) is 0 Å². The second-order valence-electron chi connectivity index (χ2n) is 5.30. The average Bonchev–Trinajstić information content (AvgIpc) is 2.81. The van der Waals surface area contributed by atoms with E-state index in [4.69, 9.17) is 10.7 Å². The highest BCUT2D eigenvalue weighted by molar-refractivity contribution is 8.13. The zero-order chi connectivity index (χ0) is 15.6. The van der Waals surface area contributed by atoms with E-state index in [0.29, 0.717) is 12.4 Å². The molecule has 7 heteroatoms. The number of nitrogens with zero attached hydrogens (tertiary/aromatic N) is 3. The van der Waals surface area contributed by atoms with E-state index in [9.17, 15) is 8.42 Å². The second-order valence-corrected chi connectivity index (χ2v) is 7.76. The van der Waals surface area contributed by atoms with Crippen molar-refractivity contribution in [2.24, 2.45) is 5.92 Å². The van der Waals surface area contributed by atoms with Crippen molar-refractivity contribution in [2.45, 2.75) is 38.9 Å². The number of rotatable bonds is 5. The van der Waals surface area contributed by atoms with Crippen LogP contribution in [-0.4, -0.2) is 23.2 Å². The van der Waals surface area contributed by atoms with Crippen LogP contribution in [0.25, 0.3) is 11.4 Å². The molecule has 1 heterocycles. The van der Waals surface area contributed by atoms with E-state index in [0.717, 1.165) is 12.0 Å². The topological polar surface area (TPSA) is 64.8 Å². The summed E-state index contributed by atoms with van der Waals surface area (Å²) in [4.78, 5) is 0. The predicted molar refractivity (Wildman–Crippen MR) is 82.7 cm³/mol. The zero-order valence-electron chi connectivity index (χ0n) is 12.2. The van der Waals surface area contributed by atoms with Gasteiger partial charge in [-0.25, -0.2) is 8.42 Å². The monoisotopic (exact) mass is 327 g/mol. The molecule has 2 aromatic rings. The summed E-state index contributed by atoms with van der Waals surface area (Å²) in [5.41, 5.74) is 2.03. The number of aryl methyl sites for hydroxylation is 1. The van der Waals surface area contributed by atoms with Crippen molar-refractivity contribution < 1.29 is 8.42 Å². The SMILES string of the molecule is CCc1ccc(-c2nnc(S(=O)(=O)Cl)n2CC(C)C)cc1. The smallest absolute Gasteiger partial charge is 0.296 e. The van der Waals surface area contributed by atoms with Crippen molar-refractivity contribution in [1.29, 1.82) is 0 Å². The maximum atomic E-state index is 11.6. The largest absolute Gasteiger partial charge is 0.297 e. The average molecular weight is 328 g/mol. The molecule has 0 unspecified atom stereocenters. The molecular formula is C14H18ClN3O2S. The third kappa shape index (κ3) is 3.63. The molecule has 1 aromatic heterocycles. The quantitative estimate of drug-likeness (QED) is 0.791. The molecule has 2 rings (SSSR count). The van der Waals surface area contributed by atoms with E-state index in [1.54, 1.807) is 4.57 Å². The minimum absolute atomic E-state index is 0.201. The highest BCUT2D eigenvalue weighted by Crippen LogP contribution is 2.24. The first-order valence-electron chi connectivity index (χ1n) is 6.80. The number of hydrogen-bond donors (Lipinski definition) is 0. The number of aromatic nitrogens is 3. The minimum atomic E-state index is -3.92. The molecule has 1 aromatic carbocycles.